The Balaban J connectivity index is 1.92. The van der Waals surface area contributed by atoms with Gasteiger partial charge >= 0.3 is 11.9 Å². The van der Waals surface area contributed by atoms with E-state index in [1.807, 2.05) is 6.92 Å². The smallest absolute Gasteiger partial charge is 0.350 e. The number of hydrogen-bond donors (Lipinski definition) is 2. The van der Waals surface area contributed by atoms with E-state index >= 15 is 0 Å². The van der Waals surface area contributed by atoms with Gasteiger partial charge in [-0.05, 0) is 43.7 Å². The minimum absolute atomic E-state index is 0.00631. The summed E-state index contributed by atoms with van der Waals surface area (Å²) in [5, 5.41) is 21.1. The van der Waals surface area contributed by atoms with Gasteiger partial charge in [-0.2, -0.15) is 0 Å². The number of aliphatic hydroxyl groups is 1. The number of anilines is 1. The van der Waals surface area contributed by atoms with Gasteiger partial charge in [0.1, 0.15) is 22.1 Å². The molecule has 35 heavy (non-hydrogen) atoms. The highest BCUT2D eigenvalue weighted by molar-refractivity contribution is 7.17. The minimum atomic E-state index is -1.05. The fourth-order valence-electron chi connectivity index (χ4n) is 3.82. The van der Waals surface area contributed by atoms with Gasteiger partial charge in [0.2, 0.25) is 0 Å². The van der Waals surface area contributed by atoms with E-state index in [0.29, 0.717) is 29.2 Å². The Hall–Kier alpha value is -4.18. The SMILES string of the molecule is CCOc1cccc(C(O)=C2C(=O)C(=O)N(c3nc(C)c(C(=O)OC)s3)C2c2ccc(O)cc2)c1. The fraction of sp³-hybridized carbons (Fsp3) is 0.200. The third kappa shape index (κ3) is 4.35. The molecule has 2 aromatic carbocycles. The molecule has 1 unspecified atom stereocenters. The van der Waals surface area contributed by atoms with E-state index < -0.39 is 23.7 Å². The predicted molar refractivity (Wildman–Crippen MR) is 129 cm³/mol. The molecule has 9 nitrogen and oxygen atoms in total. The van der Waals surface area contributed by atoms with E-state index in [-0.39, 0.29) is 27.1 Å². The summed E-state index contributed by atoms with van der Waals surface area (Å²) in [6.07, 6.45) is 0. The number of thiazole rings is 1. The second-order valence-corrected chi connectivity index (χ2v) is 8.60. The zero-order chi connectivity index (χ0) is 25.3. The zero-order valence-electron chi connectivity index (χ0n) is 19.1. The van der Waals surface area contributed by atoms with Gasteiger partial charge in [-0.15, -0.1) is 0 Å². The Labute approximate surface area is 204 Å². The molecule has 1 aliphatic rings. The number of aromatic nitrogens is 1. The molecule has 2 N–H and O–H groups in total. The molecule has 1 atom stereocenters. The van der Waals surface area contributed by atoms with E-state index in [4.69, 9.17) is 9.47 Å². The molecular weight excluding hydrogens is 472 g/mol. The number of aromatic hydroxyl groups is 1. The predicted octanol–water partition coefficient (Wildman–Crippen LogP) is 3.97. The Morgan fingerprint density at radius 1 is 1.17 bits per heavy atom. The van der Waals surface area contributed by atoms with Gasteiger partial charge in [0, 0.05) is 5.56 Å². The van der Waals surface area contributed by atoms with Crippen LogP contribution in [0.1, 0.15) is 39.5 Å². The number of nitrogens with zero attached hydrogens (tertiary/aromatic N) is 2. The molecule has 1 fully saturated rings. The molecular formula is C25H22N2O7S. The van der Waals surface area contributed by atoms with E-state index in [0.717, 1.165) is 16.2 Å². The fourth-order valence-corrected chi connectivity index (χ4v) is 4.84. The second-order valence-electron chi connectivity index (χ2n) is 7.62. The number of methoxy groups -OCH3 is 1. The number of ether oxygens (including phenoxy) is 2. The number of esters is 1. The van der Waals surface area contributed by atoms with Crippen molar-refractivity contribution in [2.75, 3.05) is 18.6 Å². The van der Waals surface area contributed by atoms with Crippen LogP contribution in [-0.4, -0.2) is 46.6 Å². The van der Waals surface area contributed by atoms with Crippen molar-refractivity contribution < 1.29 is 34.1 Å². The Morgan fingerprint density at radius 2 is 1.89 bits per heavy atom. The molecule has 1 aliphatic heterocycles. The summed E-state index contributed by atoms with van der Waals surface area (Å²) < 4.78 is 10.3. The highest BCUT2D eigenvalue weighted by atomic mass is 32.1. The van der Waals surface area contributed by atoms with E-state index in [2.05, 4.69) is 4.98 Å². The number of rotatable bonds is 6. The van der Waals surface area contributed by atoms with Gasteiger partial charge in [-0.25, -0.2) is 9.78 Å². The number of benzene rings is 2. The molecule has 4 rings (SSSR count). The summed E-state index contributed by atoms with van der Waals surface area (Å²) in [5.74, 6) is -2.33. The normalized spacial score (nSPS) is 17.0. The maximum atomic E-state index is 13.2. The number of Topliss-reactive ketones (excluding diaryl/α,β-unsaturated/α-hetero) is 1. The Kier molecular flexibility index (Phi) is 6.57. The van der Waals surface area contributed by atoms with Crippen molar-refractivity contribution in [3.8, 4) is 11.5 Å². The first-order chi connectivity index (χ1) is 16.8. The largest absolute Gasteiger partial charge is 0.508 e. The summed E-state index contributed by atoms with van der Waals surface area (Å²) >= 11 is 0.909. The number of aliphatic hydroxyl groups excluding tert-OH is 1. The van der Waals surface area contributed by atoms with Gasteiger partial charge in [0.25, 0.3) is 5.78 Å². The molecule has 0 spiro atoms. The maximum absolute atomic E-state index is 13.2. The van der Waals surface area contributed by atoms with Gasteiger partial charge in [-0.1, -0.05) is 35.6 Å². The minimum Gasteiger partial charge on any atom is -0.508 e. The van der Waals surface area contributed by atoms with Crippen molar-refractivity contribution in [3.63, 3.8) is 0 Å². The standard InChI is InChI=1S/C25H22N2O7S/c1-4-34-17-7-5-6-15(12-17)20(29)18-19(14-8-10-16(28)11-9-14)27(23(31)21(18)30)25-26-13(2)22(35-25)24(32)33-3/h5-12,19,28-29H,4H2,1-3H3. The first-order valence-corrected chi connectivity index (χ1v) is 11.5. The van der Waals surface area contributed by atoms with Crippen molar-refractivity contribution in [1.82, 2.24) is 4.98 Å². The molecule has 2 heterocycles. The van der Waals surface area contributed by atoms with Crippen LogP contribution in [-0.2, 0) is 14.3 Å². The second kappa shape index (κ2) is 9.59. The molecule has 0 radical (unpaired) electrons. The zero-order valence-corrected chi connectivity index (χ0v) is 20.0. The molecule has 1 aromatic heterocycles. The number of carbonyl (C=O) groups excluding carboxylic acids is 3. The van der Waals surface area contributed by atoms with Crippen LogP contribution in [0.25, 0.3) is 5.76 Å². The first kappa shape index (κ1) is 24.0. The third-order valence-electron chi connectivity index (χ3n) is 5.43. The molecule has 0 saturated carbocycles. The number of aryl methyl sites for hydroxylation is 1. The molecule has 0 aliphatic carbocycles. The van der Waals surface area contributed by atoms with Crippen molar-refractivity contribution >= 4 is 39.9 Å². The van der Waals surface area contributed by atoms with Crippen molar-refractivity contribution in [1.29, 1.82) is 0 Å². The van der Waals surface area contributed by atoms with E-state index in [9.17, 15) is 24.6 Å². The van der Waals surface area contributed by atoms with Gasteiger partial charge in [-0.3, -0.25) is 14.5 Å². The lowest BCUT2D eigenvalue weighted by Gasteiger charge is -2.23. The lowest BCUT2D eigenvalue weighted by Crippen LogP contribution is -2.29. The highest BCUT2D eigenvalue weighted by Crippen LogP contribution is 2.44. The van der Waals surface area contributed by atoms with Crippen LogP contribution >= 0.6 is 11.3 Å². The van der Waals surface area contributed by atoms with Crippen LogP contribution < -0.4 is 9.64 Å². The number of phenols is 1. The van der Waals surface area contributed by atoms with Crippen molar-refractivity contribution in [2.24, 2.45) is 0 Å². The Bertz CT molecular complexity index is 1340. The van der Waals surface area contributed by atoms with Crippen LogP contribution in [0.3, 0.4) is 0 Å². The summed E-state index contributed by atoms with van der Waals surface area (Å²) in [6, 6.07) is 11.4. The summed E-state index contributed by atoms with van der Waals surface area (Å²) in [6.45, 7) is 3.83. The lowest BCUT2D eigenvalue weighted by molar-refractivity contribution is -0.132. The lowest BCUT2D eigenvalue weighted by atomic mass is 9.95. The molecule has 180 valence electrons. The average molecular weight is 495 g/mol. The van der Waals surface area contributed by atoms with Gasteiger partial charge in [0.05, 0.1) is 31.0 Å². The first-order valence-electron chi connectivity index (χ1n) is 10.7. The van der Waals surface area contributed by atoms with Gasteiger partial charge in [0.15, 0.2) is 5.13 Å². The third-order valence-corrected chi connectivity index (χ3v) is 6.57. The van der Waals surface area contributed by atoms with E-state index in [1.54, 1.807) is 43.3 Å². The highest BCUT2D eigenvalue weighted by Gasteiger charge is 2.48. The number of ketones is 1. The quantitative estimate of drug-likeness (QED) is 0.228. The molecule has 1 saturated heterocycles. The molecule has 3 aromatic rings. The van der Waals surface area contributed by atoms with Crippen molar-refractivity contribution in [2.45, 2.75) is 19.9 Å². The summed E-state index contributed by atoms with van der Waals surface area (Å²) in [4.78, 5) is 44.3. The van der Waals surface area contributed by atoms with Crippen LogP contribution in [0.2, 0.25) is 0 Å². The topological polar surface area (TPSA) is 126 Å². The van der Waals surface area contributed by atoms with Crippen molar-refractivity contribution in [3.05, 3.63) is 75.8 Å². The monoisotopic (exact) mass is 494 g/mol. The van der Waals surface area contributed by atoms with Crippen LogP contribution in [0, 0.1) is 6.92 Å². The van der Waals surface area contributed by atoms with E-state index in [1.165, 1.54) is 19.2 Å². The number of phenolic OH excluding ortho intramolecular Hbond substituents is 1. The Morgan fingerprint density at radius 3 is 2.54 bits per heavy atom. The van der Waals surface area contributed by atoms with Crippen LogP contribution in [0.4, 0.5) is 5.13 Å². The van der Waals surface area contributed by atoms with Gasteiger partial charge < -0.3 is 19.7 Å². The number of hydrogen-bond acceptors (Lipinski definition) is 9. The van der Waals surface area contributed by atoms with Crippen LogP contribution in [0.5, 0.6) is 11.5 Å². The number of carbonyl (C=O) groups is 3. The molecule has 1 amide bonds. The maximum Gasteiger partial charge on any atom is 0.350 e. The summed E-state index contributed by atoms with van der Waals surface area (Å²) in [7, 11) is 1.24. The summed E-state index contributed by atoms with van der Waals surface area (Å²) in [5.41, 5.74) is 0.940. The molecule has 10 heteroatoms. The van der Waals surface area contributed by atoms with Crippen LogP contribution in [0.15, 0.2) is 54.1 Å². The molecule has 0 bridgehead atoms. The number of amides is 1. The average Bonchev–Trinajstić information content (AvgIpc) is 3.36.